The van der Waals surface area contributed by atoms with E-state index < -0.39 is 0 Å². The van der Waals surface area contributed by atoms with E-state index in [-0.39, 0.29) is 43.2 Å². The number of ketones is 2. The highest BCUT2D eigenvalue weighted by Gasteiger charge is 2.21. The molecule has 0 N–H and O–H groups in total. The predicted octanol–water partition coefficient (Wildman–Crippen LogP) is 4.80. The third kappa shape index (κ3) is 6.67. The minimum Gasteiger partial charge on any atom is -0.343 e. The van der Waals surface area contributed by atoms with Gasteiger partial charge in [-0.3, -0.25) is 14.4 Å². The zero-order chi connectivity index (χ0) is 18.9. The van der Waals surface area contributed by atoms with Crippen molar-refractivity contribution in [2.45, 2.75) is 71.6 Å². The monoisotopic (exact) mass is 377 g/mol. The van der Waals surface area contributed by atoms with E-state index in [2.05, 4.69) is 6.92 Å². The number of Topliss-reactive ketones (excluding diaryl/α,β-unsaturated/α-hetero) is 2. The molecule has 0 spiro atoms. The molecule has 4 nitrogen and oxygen atoms in total. The SMILES string of the molecule is CCCC1CCCN(C(=O)CCC(=O)CCC(=O)c2ccc(C)s2)CC1. The Kier molecular flexibility index (Phi) is 8.49. The first-order valence-electron chi connectivity index (χ1n) is 9.88. The van der Waals surface area contributed by atoms with Gasteiger partial charge in [0.1, 0.15) is 5.78 Å². The van der Waals surface area contributed by atoms with Crippen molar-refractivity contribution >= 4 is 28.8 Å². The molecule has 1 unspecified atom stereocenters. The largest absolute Gasteiger partial charge is 0.343 e. The Morgan fingerprint density at radius 2 is 1.85 bits per heavy atom. The van der Waals surface area contributed by atoms with Crippen LogP contribution in [0.4, 0.5) is 0 Å². The highest BCUT2D eigenvalue weighted by Crippen LogP contribution is 2.22. The van der Waals surface area contributed by atoms with E-state index in [1.807, 2.05) is 24.0 Å². The van der Waals surface area contributed by atoms with Crippen LogP contribution >= 0.6 is 11.3 Å². The highest BCUT2D eigenvalue weighted by atomic mass is 32.1. The van der Waals surface area contributed by atoms with Gasteiger partial charge in [-0.15, -0.1) is 11.3 Å². The Morgan fingerprint density at radius 1 is 1.08 bits per heavy atom. The maximum atomic E-state index is 12.4. The molecule has 0 radical (unpaired) electrons. The lowest BCUT2D eigenvalue weighted by molar-refractivity contribution is -0.133. The molecule has 0 saturated carbocycles. The van der Waals surface area contributed by atoms with E-state index in [0.717, 1.165) is 41.6 Å². The van der Waals surface area contributed by atoms with Gasteiger partial charge < -0.3 is 4.90 Å². The Hall–Kier alpha value is -1.49. The third-order valence-corrected chi connectivity index (χ3v) is 6.20. The number of aryl methyl sites for hydroxylation is 1. The van der Waals surface area contributed by atoms with Crippen molar-refractivity contribution < 1.29 is 14.4 Å². The van der Waals surface area contributed by atoms with Crippen molar-refractivity contribution in [2.75, 3.05) is 13.1 Å². The van der Waals surface area contributed by atoms with E-state index >= 15 is 0 Å². The van der Waals surface area contributed by atoms with Crippen LogP contribution in [0.1, 0.15) is 79.3 Å². The number of amides is 1. The maximum absolute atomic E-state index is 12.4. The quantitative estimate of drug-likeness (QED) is 0.581. The smallest absolute Gasteiger partial charge is 0.223 e. The molecule has 1 aromatic rings. The fourth-order valence-electron chi connectivity index (χ4n) is 3.60. The van der Waals surface area contributed by atoms with E-state index in [1.165, 1.54) is 30.6 Å². The van der Waals surface area contributed by atoms with Gasteiger partial charge in [-0.25, -0.2) is 0 Å². The number of likely N-dealkylation sites (tertiary alicyclic amines) is 1. The lowest BCUT2D eigenvalue weighted by Gasteiger charge is -2.20. The van der Waals surface area contributed by atoms with Crippen molar-refractivity contribution in [3.8, 4) is 0 Å². The number of hydrogen-bond donors (Lipinski definition) is 0. The lowest BCUT2D eigenvalue weighted by atomic mass is 9.96. The number of hydrogen-bond acceptors (Lipinski definition) is 4. The van der Waals surface area contributed by atoms with Gasteiger partial charge in [0, 0.05) is 43.6 Å². The van der Waals surface area contributed by atoms with E-state index in [0.29, 0.717) is 0 Å². The summed E-state index contributed by atoms with van der Waals surface area (Å²) >= 11 is 1.47. The van der Waals surface area contributed by atoms with Crippen LogP contribution in [-0.4, -0.2) is 35.5 Å². The van der Waals surface area contributed by atoms with Gasteiger partial charge in [0.05, 0.1) is 4.88 Å². The maximum Gasteiger partial charge on any atom is 0.223 e. The molecule has 5 heteroatoms. The van der Waals surface area contributed by atoms with Crippen LogP contribution in [0.15, 0.2) is 12.1 Å². The van der Waals surface area contributed by atoms with Crippen molar-refractivity contribution in [1.82, 2.24) is 4.90 Å². The van der Waals surface area contributed by atoms with E-state index in [4.69, 9.17) is 0 Å². The Morgan fingerprint density at radius 3 is 2.54 bits per heavy atom. The molecule has 144 valence electrons. The predicted molar refractivity (Wildman–Crippen MR) is 106 cm³/mol. The van der Waals surface area contributed by atoms with Crippen molar-refractivity contribution in [3.63, 3.8) is 0 Å². The van der Waals surface area contributed by atoms with Crippen LogP contribution in [0.5, 0.6) is 0 Å². The van der Waals surface area contributed by atoms with Crippen LogP contribution < -0.4 is 0 Å². The lowest BCUT2D eigenvalue weighted by Crippen LogP contribution is -2.32. The average molecular weight is 378 g/mol. The number of rotatable bonds is 9. The molecule has 1 aromatic heterocycles. The van der Waals surface area contributed by atoms with Crippen LogP contribution in [0, 0.1) is 12.8 Å². The first-order chi connectivity index (χ1) is 12.5. The van der Waals surface area contributed by atoms with Crippen LogP contribution in [0.3, 0.4) is 0 Å². The summed E-state index contributed by atoms with van der Waals surface area (Å²) in [6.07, 6.45) is 6.84. The van der Waals surface area contributed by atoms with Crippen LogP contribution in [0.25, 0.3) is 0 Å². The first-order valence-corrected chi connectivity index (χ1v) is 10.7. The fourth-order valence-corrected chi connectivity index (χ4v) is 4.44. The minimum absolute atomic E-state index is 0.0126. The second-order valence-electron chi connectivity index (χ2n) is 7.34. The van der Waals surface area contributed by atoms with Crippen LogP contribution in [-0.2, 0) is 9.59 Å². The van der Waals surface area contributed by atoms with Gasteiger partial charge in [0.15, 0.2) is 5.78 Å². The molecule has 2 heterocycles. The molecule has 0 aliphatic carbocycles. The number of carbonyl (C=O) groups excluding carboxylic acids is 3. The topological polar surface area (TPSA) is 54.5 Å². The van der Waals surface area contributed by atoms with Crippen molar-refractivity contribution in [2.24, 2.45) is 5.92 Å². The number of carbonyl (C=O) groups is 3. The molecule has 1 aliphatic rings. The van der Waals surface area contributed by atoms with Gasteiger partial charge in [-0.2, -0.15) is 0 Å². The van der Waals surface area contributed by atoms with Gasteiger partial charge in [0.25, 0.3) is 0 Å². The summed E-state index contributed by atoms with van der Waals surface area (Å²) in [5.74, 6) is 0.873. The zero-order valence-electron chi connectivity index (χ0n) is 16.1. The molecule has 2 rings (SSSR count). The van der Waals surface area contributed by atoms with Crippen molar-refractivity contribution in [3.05, 3.63) is 21.9 Å². The molecule has 0 aromatic carbocycles. The standard InChI is InChI=1S/C21H31NO3S/c1-3-5-17-6-4-14-22(15-13-17)21(25)12-9-18(23)8-10-19(24)20-11-7-16(2)26-20/h7,11,17H,3-6,8-10,12-15H2,1-2H3. The Bertz CT molecular complexity index is 623. The molecular weight excluding hydrogens is 346 g/mol. The molecule has 1 amide bonds. The normalized spacial score (nSPS) is 17.8. The Labute approximate surface area is 161 Å². The van der Waals surface area contributed by atoms with Crippen molar-refractivity contribution in [1.29, 1.82) is 0 Å². The van der Waals surface area contributed by atoms with Gasteiger partial charge in [-0.1, -0.05) is 19.8 Å². The molecule has 1 atom stereocenters. The second-order valence-corrected chi connectivity index (χ2v) is 8.63. The zero-order valence-corrected chi connectivity index (χ0v) is 16.9. The number of thiophene rings is 1. The van der Waals surface area contributed by atoms with Gasteiger partial charge in [0.2, 0.25) is 5.91 Å². The molecule has 1 fully saturated rings. The summed E-state index contributed by atoms with van der Waals surface area (Å²) in [4.78, 5) is 40.3. The summed E-state index contributed by atoms with van der Waals surface area (Å²) in [6, 6.07) is 3.74. The van der Waals surface area contributed by atoms with Gasteiger partial charge >= 0.3 is 0 Å². The summed E-state index contributed by atoms with van der Waals surface area (Å²) in [5, 5.41) is 0. The molecular formula is C21H31NO3S. The molecule has 1 aliphatic heterocycles. The van der Waals surface area contributed by atoms with E-state index in [1.54, 1.807) is 0 Å². The highest BCUT2D eigenvalue weighted by molar-refractivity contribution is 7.14. The summed E-state index contributed by atoms with van der Waals surface area (Å²) in [6.45, 7) is 5.83. The summed E-state index contributed by atoms with van der Waals surface area (Å²) in [5.41, 5.74) is 0. The fraction of sp³-hybridized carbons (Fsp3) is 0.667. The second kappa shape index (κ2) is 10.6. The molecule has 0 bridgehead atoms. The average Bonchev–Trinajstić information content (AvgIpc) is 2.92. The molecule has 26 heavy (non-hydrogen) atoms. The minimum atomic E-state index is 0.0126. The summed E-state index contributed by atoms with van der Waals surface area (Å²) < 4.78 is 0. The number of nitrogens with zero attached hydrogens (tertiary/aromatic N) is 1. The molecule has 1 saturated heterocycles. The van der Waals surface area contributed by atoms with E-state index in [9.17, 15) is 14.4 Å². The Balaban J connectivity index is 1.68. The van der Waals surface area contributed by atoms with Gasteiger partial charge in [-0.05, 0) is 44.2 Å². The summed E-state index contributed by atoms with van der Waals surface area (Å²) in [7, 11) is 0. The first kappa shape index (κ1) is 20.8. The third-order valence-electron chi connectivity index (χ3n) is 5.16. The van der Waals surface area contributed by atoms with Crippen LogP contribution in [0.2, 0.25) is 0 Å².